The van der Waals surface area contributed by atoms with Gasteiger partial charge in [0.1, 0.15) is 10.6 Å². The molecule has 0 radical (unpaired) electrons. The standard InChI is InChI=1S/C12H18N4O3S/c1-19-12(18)9-10(13)15-20-11(9)14-5-4-8(17)16-6-2-3-7-16/h14H,2-7H2,1H3,(H2,13,15). The number of nitrogens with zero attached hydrogens (tertiary/aromatic N) is 2. The number of ether oxygens (including phenoxy) is 1. The van der Waals surface area contributed by atoms with Crippen molar-refractivity contribution < 1.29 is 14.3 Å². The maximum atomic E-state index is 11.9. The Kier molecular flexibility index (Phi) is 4.78. The van der Waals surface area contributed by atoms with Crippen LogP contribution in [0, 0.1) is 0 Å². The van der Waals surface area contributed by atoms with Crippen molar-refractivity contribution in [1.82, 2.24) is 9.27 Å². The molecule has 7 nitrogen and oxygen atoms in total. The Morgan fingerprint density at radius 2 is 2.15 bits per heavy atom. The Hall–Kier alpha value is -1.83. The zero-order valence-corrected chi connectivity index (χ0v) is 12.2. The van der Waals surface area contributed by atoms with E-state index in [0.29, 0.717) is 18.0 Å². The zero-order chi connectivity index (χ0) is 14.5. The van der Waals surface area contributed by atoms with Crippen LogP contribution in [0.5, 0.6) is 0 Å². The second-order valence-corrected chi connectivity index (χ2v) is 5.30. The van der Waals surface area contributed by atoms with Crippen molar-refractivity contribution in [1.29, 1.82) is 0 Å². The van der Waals surface area contributed by atoms with Crippen LogP contribution >= 0.6 is 11.5 Å². The fourth-order valence-corrected chi connectivity index (χ4v) is 2.86. The van der Waals surface area contributed by atoms with Crippen molar-refractivity contribution in [3.8, 4) is 0 Å². The van der Waals surface area contributed by atoms with Crippen molar-refractivity contribution in [3.05, 3.63) is 5.56 Å². The number of methoxy groups -OCH3 is 1. The van der Waals surface area contributed by atoms with Crippen LogP contribution in [0.25, 0.3) is 0 Å². The number of carbonyl (C=O) groups excluding carboxylic acids is 2. The minimum absolute atomic E-state index is 0.132. The average Bonchev–Trinajstić information content (AvgIpc) is 3.08. The molecular weight excluding hydrogens is 280 g/mol. The topological polar surface area (TPSA) is 97.5 Å². The highest BCUT2D eigenvalue weighted by Crippen LogP contribution is 2.27. The summed E-state index contributed by atoms with van der Waals surface area (Å²) in [5, 5.41) is 3.58. The molecule has 20 heavy (non-hydrogen) atoms. The van der Waals surface area contributed by atoms with Crippen molar-refractivity contribution in [2.24, 2.45) is 0 Å². The van der Waals surface area contributed by atoms with E-state index in [1.54, 1.807) is 0 Å². The van der Waals surface area contributed by atoms with Crippen LogP contribution < -0.4 is 11.1 Å². The van der Waals surface area contributed by atoms with Crippen LogP contribution in [0.3, 0.4) is 0 Å². The molecule has 1 amide bonds. The number of nitrogens with two attached hydrogens (primary N) is 1. The molecule has 0 unspecified atom stereocenters. The summed E-state index contributed by atoms with van der Waals surface area (Å²) in [6.07, 6.45) is 2.55. The minimum Gasteiger partial charge on any atom is -0.465 e. The molecule has 110 valence electrons. The Bertz CT molecular complexity index is 497. The van der Waals surface area contributed by atoms with Gasteiger partial charge in [-0.05, 0) is 24.4 Å². The molecule has 1 aromatic rings. The quantitative estimate of drug-likeness (QED) is 0.785. The highest BCUT2D eigenvalue weighted by atomic mass is 32.1. The van der Waals surface area contributed by atoms with E-state index in [9.17, 15) is 9.59 Å². The van der Waals surface area contributed by atoms with E-state index in [0.717, 1.165) is 37.5 Å². The van der Waals surface area contributed by atoms with Gasteiger partial charge >= 0.3 is 5.97 Å². The van der Waals surface area contributed by atoms with Gasteiger partial charge < -0.3 is 20.7 Å². The van der Waals surface area contributed by atoms with Gasteiger partial charge in [-0.1, -0.05) is 0 Å². The SMILES string of the molecule is COC(=O)c1c(N)nsc1NCCC(=O)N1CCCC1. The van der Waals surface area contributed by atoms with Crippen molar-refractivity contribution in [3.63, 3.8) is 0 Å². The first-order valence-electron chi connectivity index (χ1n) is 6.48. The number of nitrogens with one attached hydrogen (secondary N) is 1. The van der Waals surface area contributed by atoms with Gasteiger partial charge in [-0.25, -0.2) is 4.79 Å². The molecule has 0 atom stereocenters. The van der Waals surface area contributed by atoms with Crippen LogP contribution in [-0.2, 0) is 9.53 Å². The van der Waals surface area contributed by atoms with Crippen LogP contribution in [0.2, 0.25) is 0 Å². The minimum atomic E-state index is -0.524. The predicted octanol–water partition coefficient (Wildman–Crippen LogP) is 0.936. The van der Waals surface area contributed by atoms with Crippen LogP contribution in [-0.4, -0.2) is 47.9 Å². The monoisotopic (exact) mass is 298 g/mol. The van der Waals surface area contributed by atoms with Crippen molar-refractivity contribution in [2.75, 3.05) is 37.8 Å². The number of aromatic nitrogens is 1. The number of hydrogen-bond donors (Lipinski definition) is 2. The Morgan fingerprint density at radius 1 is 1.45 bits per heavy atom. The maximum absolute atomic E-state index is 11.9. The van der Waals surface area contributed by atoms with E-state index in [4.69, 9.17) is 5.73 Å². The number of likely N-dealkylation sites (tertiary alicyclic amines) is 1. The number of esters is 1. The van der Waals surface area contributed by atoms with Gasteiger partial charge in [-0.15, -0.1) is 0 Å². The van der Waals surface area contributed by atoms with Gasteiger partial charge in [-0.2, -0.15) is 4.37 Å². The smallest absolute Gasteiger partial charge is 0.344 e. The molecule has 2 rings (SSSR count). The lowest BCUT2D eigenvalue weighted by atomic mass is 10.3. The summed E-state index contributed by atoms with van der Waals surface area (Å²) in [7, 11) is 1.29. The summed E-state index contributed by atoms with van der Waals surface area (Å²) in [5.41, 5.74) is 5.87. The molecule has 1 saturated heterocycles. The summed E-state index contributed by atoms with van der Waals surface area (Å²) >= 11 is 1.09. The molecule has 3 N–H and O–H groups in total. The summed E-state index contributed by atoms with van der Waals surface area (Å²) in [6.45, 7) is 2.14. The van der Waals surface area contributed by atoms with Gasteiger partial charge in [-0.3, -0.25) is 4.79 Å². The molecule has 0 aromatic carbocycles. The first-order valence-corrected chi connectivity index (χ1v) is 7.26. The predicted molar refractivity (Wildman–Crippen MR) is 76.8 cm³/mol. The highest BCUT2D eigenvalue weighted by molar-refractivity contribution is 7.11. The van der Waals surface area contributed by atoms with E-state index in [1.807, 2.05) is 4.90 Å². The third-order valence-corrected chi connectivity index (χ3v) is 4.01. The molecule has 1 aliphatic heterocycles. The Labute approximate surface area is 121 Å². The third kappa shape index (κ3) is 3.19. The summed E-state index contributed by atoms with van der Waals surface area (Å²) in [6, 6.07) is 0. The second kappa shape index (κ2) is 6.56. The number of amides is 1. The van der Waals surface area contributed by atoms with Crippen molar-refractivity contribution in [2.45, 2.75) is 19.3 Å². The fourth-order valence-electron chi connectivity index (χ4n) is 2.13. The van der Waals surface area contributed by atoms with E-state index >= 15 is 0 Å². The van der Waals surface area contributed by atoms with Gasteiger partial charge in [0.05, 0.1) is 7.11 Å². The number of nitrogen functional groups attached to an aromatic ring is 1. The average molecular weight is 298 g/mol. The molecule has 2 heterocycles. The normalized spacial score (nSPS) is 14.3. The lowest BCUT2D eigenvalue weighted by Gasteiger charge is -2.15. The summed E-state index contributed by atoms with van der Waals surface area (Å²) < 4.78 is 8.58. The van der Waals surface area contributed by atoms with Gasteiger partial charge in [0, 0.05) is 26.1 Å². The molecule has 1 aliphatic rings. The van der Waals surface area contributed by atoms with Crippen LogP contribution in [0.4, 0.5) is 10.8 Å². The Morgan fingerprint density at radius 3 is 2.80 bits per heavy atom. The first-order chi connectivity index (χ1) is 9.63. The number of hydrogen-bond acceptors (Lipinski definition) is 7. The second-order valence-electron chi connectivity index (χ2n) is 4.53. The van der Waals surface area contributed by atoms with E-state index < -0.39 is 5.97 Å². The molecule has 0 spiro atoms. The number of carbonyl (C=O) groups is 2. The van der Waals surface area contributed by atoms with Gasteiger partial charge in [0.2, 0.25) is 5.91 Å². The fraction of sp³-hybridized carbons (Fsp3) is 0.583. The molecule has 0 bridgehead atoms. The summed E-state index contributed by atoms with van der Waals surface area (Å²) in [5.74, 6) is -0.244. The molecule has 1 fully saturated rings. The largest absolute Gasteiger partial charge is 0.465 e. The zero-order valence-electron chi connectivity index (χ0n) is 11.3. The van der Waals surface area contributed by atoms with Crippen LogP contribution in [0.15, 0.2) is 0 Å². The number of rotatable bonds is 5. The lowest BCUT2D eigenvalue weighted by Crippen LogP contribution is -2.29. The van der Waals surface area contributed by atoms with E-state index in [1.165, 1.54) is 7.11 Å². The van der Waals surface area contributed by atoms with Gasteiger partial charge in [0.15, 0.2) is 5.82 Å². The third-order valence-electron chi connectivity index (χ3n) is 3.19. The summed E-state index contributed by atoms with van der Waals surface area (Å²) in [4.78, 5) is 25.3. The van der Waals surface area contributed by atoms with Crippen LogP contribution in [0.1, 0.15) is 29.6 Å². The highest BCUT2D eigenvalue weighted by Gasteiger charge is 2.21. The van der Waals surface area contributed by atoms with E-state index in [-0.39, 0.29) is 17.3 Å². The number of anilines is 2. The van der Waals surface area contributed by atoms with Crippen molar-refractivity contribution >= 4 is 34.2 Å². The first kappa shape index (κ1) is 14.6. The molecule has 8 heteroatoms. The van der Waals surface area contributed by atoms with Gasteiger partial charge in [0.25, 0.3) is 0 Å². The maximum Gasteiger partial charge on any atom is 0.344 e. The molecular formula is C12H18N4O3S. The molecule has 0 aliphatic carbocycles. The van der Waals surface area contributed by atoms with E-state index in [2.05, 4.69) is 14.4 Å². The molecule has 0 saturated carbocycles. The molecule has 1 aromatic heterocycles. The lowest BCUT2D eigenvalue weighted by molar-refractivity contribution is -0.129. The Balaban J connectivity index is 1.88.